The van der Waals surface area contributed by atoms with Crippen molar-refractivity contribution in [3.8, 4) is 0 Å². The molecule has 25 heavy (non-hydrogen) atoms. The average Bonchev–Trinajstić information content (AvgIpc) is 2.63. The van der Waals surface area contributed by atoms with Crippen molar-refractivity contribution < 1.29 is 18.7 Å². The summed E-state index contributed by atoms with van der Waals surface area (Å²) >= 11 is -2.38. The first-order valence-corrected chi connectivity index (χ1v) is 10.7. The molecule has 2 N–H and O–H groups in total. The first-order chi connectivity index (χ1) is 12.0. The molecule has 6 nitrogen and oxygen atoms in total. The van der Waals surface area contributed by atoms with Gasteiger partial charge in [-0.2, -0.15) is 0 Å². The lowest BCUT2D eigenvalue weighted by atomic mass is 9.71. The molecule has 4 unspecified atom stereocenters. The van der Waals surface area contributed by atoms with Crippen LogP contribution in [-0.4, -0.2) is 54.7 Å². The largest absolute Gasteiger partial charge is 0.393 e. The number of nitrogens with zero attached hydrogens (tertiary/aromatic N) is 2. The van der Waals surface area contributed by atoms with Crippen LogP contribution in [0.3, 0.4) is 0 Å². The maximum Gasteiger partial charge on any atom is 0.249 e. The molecule has 0 spiro atoms. The summed E-state index contributed by atoms with van der Waals surface area (Å²) in [5.41, 5.74) is 1.30. The number of hydrogen-bond donors (Lipinski definition) is 2. The second kappa shape index (κ2) is 8.29. The van der Waals surface area contributed by atoms with Gasteiger partial charge in [-0.05, 0) is 50.9 Å². The Bertz CT molecular complexity index is 545. The number of carbonyl (C=O) groups excluding carboxylic acids is 1. The normalized spacial score (nSPS) is 31.2. The summed E-state index contributed by atoms with van der Waals surface area (Å²) in [5, 5.41) is 14.0. The van der Waals surface area contributed by atoms with E-state index in [1.165, 1.54) is 5.70 Å². The number of aliphatic hydroxyl groups excluding tert-OH is 1. The smallest absolute Gasteiger partial charge is 0.249 e. The summed E-state index contributed by atoms with van der Waals surface area (Å²) in [6, 6.07) is 0. The number of fused-ring (bicyclic) bond motifs is 1. The summed E-state index contributed by atoms with van der Waals surface area (Å²) in [6.45, 7) is 4.53. The Labute approximate surface area is 152 Å². The van der Waals surface area contributed by atoms with Gasteiger partial charge < -0.3 is 14.7 Å². The highest BCUT2D eigenvalue weighted by Gasteiger charge is 2.43. The van der Waals surface area contributed by atoms with Crippen LogP contribution in [0, 0.1) is 17.8 Å². The van der Waals surface area contributed by atoms with Gasteiger partial charge in [0.2, 0.25) is 16.2 Å². The SMILES string of the molecule is CCC(C(=O)S(=O)O)C1CCN(N2CCC(O)CC2)C2=CCCCC21. The fourth-order valence-electron chi connectivity index (χ4n) is 4.87. The maximum absolute atomic E-state index is 12.2. The van der Waals surface area contributed by atoms with Crippen molar-refractivity contribution in [2.24, 2.45) is 17.8 Å². The number of aliphatic hydroxyl groups is 1. The number of rotatable bonds is 4. The summed E-state index contributed by atoms with van der Waals surface area (Å²) in [7, 11) is 0. The number of piperidine rings is 2. The topological polar surface area (TPSA) is 81.1 Å². The van der Waals surface area contributed by atoms with Crippen LogP contribution in [0.25, 0.3) is 0 Å². The Morgan fingerprint density at radius 3 is 2.64 bits per heavy atom. The van der Waals surface area contributed by atoms with E-state index in [4.69, 9.17) is 0 Å². The first kappa shape index (κ1) is 19.0. The third-order valence-corrected chi connectivity index (χ3v) is 6.80. The minimum atomic E-state index is -2.38. The number of allylic oxidation sites excluding steroid dienone is 2. The van der Waals surface area contributed by atoms with E-state index in [-0.39, 0.29) is 17.9 Å². The highest BCUT2D eigenvalue weighted by atomic mass is 32.2. The minimum Gasteiger partial charge on any atom is -0.393 e. The Morgan fingerprint density at radius 1 is 1.28 bits per heavy atom. The molecule has 0 bridgehead atoms. The van der Waals surface area contributed by atoms with E-state index < -0.39 is 16.2 Å². The summed E-state index contributed by atoms with van der Waals surface area (Å²) < 4.78 is 20.6. The van der Waals surface area contributed by atoms with Crippen molar-refractivity contribution in [1.29, 1.82) is 0 Å². The third kappa shape index (κ3) is 3.99. The Balaban J connectivity index is 1.78. The number of carbonyl (C=O) groups is 1. The molecule has 0 amide bonds. The lowest BCUT2D eigenvalue weighted by molar-refractivity contribution is -0.120. The zero-order valence-corrected chi connectivity index (χ0v) is 15.8. The van der Waals surface area contributed by atoms with Gasteiger partial charge in [0.05, 0.1) is 6.10 Å². The Kier molecular flexibility index (Phi) is 6.30. The van der Waals surface area contributed by atoms with Crippen molar-refractivity contribution >= 4 is 16.2 Å². The van der Waals surface area contributed by atoms with Crippen molar-refractivity contribution in [2.45, 2.75) is 58.0 Å². The molecule has 142 valence electrons. The van der Waals surface area contributed by atoms with Gasteiger partial charge in [0.25, 0.3) is 0 Å². The van der Waals surface area contributed by atoms with E-state index in [0.717, 1.165) is 58.2 Å². The summed E-state index contributed by atoms with van der Waals surface area (Å²) in [6.07, 6.45) is 8.44. The van der Waals surface area contributed by atoms with Crippen molar-refractivity contribution in [3.05, 3.63) is 11.8 Å². The molecular weight excluding hydrogens is 340 g/mol. The molecule has 2 fully saturated rings. The number of hydrogen-bond acceptors (Lipinski definition) is 5. The van der Waals surface area contributed by atoms with Gasteiger partial charge in [0.1, 0.15) is 0 Å². The summed E-state index contributed by atoms with van der Waals surface area (Å²) in [5.74, 6) is 0.126. The molecule has 7 heteroatoms. The predicted octanol–water partition coefficient (Wildman–Crippen LogP) is 2.14. The van der Waals surface area contributed by atoms with Crippen LogP contribution in [0.1, 0.15) is 51.9 Å². The molecule has 0 saturated carbocycles. The van der Waals surface area contributed by atoms with Crippen LogP contribution in [0.15, 0.2) is 11.8 Å². The van der Waals surface area contributed by atoms with Crippen LogP contribution in [0.5, 0.6) is 0 Å². The van der Waals surface area contributed by atoms with Crippen LogP contribution in [0.2, 0.25) is 0 Å². The van der Waals surface area contributed by atoms with Crippen LogP contribution < -0.4 is 0 Å². The molecule has 0 radical (unpaired) electrons. The second-order valence-electron chi connectivity index (χ2n) is 7.51. The van der Waals surface area contributed by atoms with Crippen LogP contribution in [0.4, 0.5) is 0 Å². The van der Waals surface area contributed by atoms with Gasteiger partial charge in [0.15, 0.2) is 0 Å². The molecular formula is C18H30N2O4S. The van der Waals surface area contributed by atoms with Crippen LogP contribution >= 0.6 is 0 Å². The molecule has 0 aromatic carbocycles. The van der Waals surface area contributed by atoms with Gasteiger partial charge in [0, 0.05) is 37.2 Å². The van der Waals surface area contributed by atoms with E-state index in [1.54, 1.807) is 0 Å². The molecule has 2 heterocycles. The van der Waals surface area contributed by atoms with E-state index in [0.29, 0.717) is 12.3 Å². The van der Waals surface area contributed by atoms with Crippen LogP contribution in [-0.2, 0) is 15.9 Å². The highest BCUT2D eigenvalue weighted by molar-refractivity contribution is 7.95. The summed E-state index contributed by atoms with van der Waals surface area (Å²) in [4.78, 5) is 12.2. The van der Waals surface area contributed by atoms with Gasteiger partial charge in [-0.15, -0.1) is 0 Å². The van der Waals surface area contributed by atoms with E-state index >= 15 is 0 Å². The molecule has 0 aromatic rings. The fourth-order valence-corrected chi connectivity index (χ4v) is 5.47. The van der Waals surface area contributed by atoms with Crippen molar-refractivity contribution in [1.82, 2.24) is 10.0 Å². The zero-order valence-electron chi connectivity index (χ0n) is 15.0. The molecule has 2 saturated heterocycles. The standard InChI is InChI=1S/C18H30N2O4S/c1-2-14(18(22)25(23)24)15-9-12-20(17-6-4-3-5-16(15)17)19-10-7-13(21)8-11-19/h6,13-16,21H,2-5,7-12H2,1H3,(H,23,24). The van der Waals surface area contributed by atoms with Gasteiger partial charge >= 0.3 is 0 Å². The predicted molar refractivity (Wildman–Crippen MR) is 96.6 cm³/mol. The minimum absolute atomic E-state index is 0.159. The van der Waals surface area contributed by atoms with E-state index in [9.17, 15) is 18.7 Å². The Hall–Kier alpha value is -0.760. The molecule has 1 aliphatic carbocycles. The van der Waals surface area contributed by atoms with Gasteiger partial charge in [-0.3, -0.25) is 4.79 Å². The monoisotopic (exact) mass is 370 g/mol. The molecule has 0 aromatic heterocycles. The van der Waals surface area contributed by atoms with Gasteiger partial charge in [-0.25, -0.2) is 9.22 Å². The molecule has 2 aliphatic heterocycles. The van der Waals surface area contributed by atoms with Gasteiger partial charge in [-0.1, -0.05) is 13.0 Å². The van der Waals surface area contributed by atoms with E-state index in [1.807, 2.05) is 6.92 Å². The van der Waals surface area contributed by atoms with Crippen molar-refractivity contribution in [3.63, 3.8) is 0 Å². The maximum atomic E-state index is 12.2. The van der Waals surface area contributed by atoms with E-state index in [2.05, 4.69) is 16.1 Å². The fraction of sp³-hybridized carbons (Fsp3) is 0.833. The molecule has 3 aliphatic rings. The molecule has 3 rings (SSSR count). The Morgan fingerprint density at radius 2 is 2.00 bits per heavy atom. The molecule has 4 atom stereocenters. The average molecular weight is 371 g/mol. The quantitative estimate of drug-likeness (QED) is 0.738. The highest BCUT2D eigenvalue weighted by Crippen LogP contribution is 2.44. The lowest BCUT2D eigenvalue weighted by Crippen LogP contribution is -2.53. The second-order valence-corrected chi connectivity index (χ2v) is 8.41. The number of hydrazine groups is 1. The third-order valence-electron chi connectivity index (χ3n) is 6.16. The first-order valence-electron chi connectivity index (χ1n) is 9.58. The van der Waals surface area contributed by atoms with Crippen molar-refractivity contribution in [2.75, 3.05) is 19.6 Å². The zero-order chi connectivity index (χ0) is 18.0. The lowest BCUT2D eigenvalue weighted by Gasteiger charge is -2.50.